The van der Waals surface area contributed by atoms with Crippen LogP contribution in [0.2, 0.25) is 16.6 Å². The maximum atomic E-state index is 11.8. The summed E-state index contributed by atoms with van der Waals surface area (Å²) in [5, 5.41) is 0.0874. The Hall–Kier alpha value is -0.573. The zero-order valence-corrected chi connectivity index (χ0v) is 14.2. The molecule has 0 N–H and O–H groups in total. The Morgan fingerprint density at radius 1 is 1.33 bits per heavy atom. The summed E-state index contributed by atoms with van der Waals surface area (Å²) in [6, 6.07) is 1.02. The van der Waals surface area contributed by atoms with Crippen molar-refractivity contribution in [2.45, 2.75) is 71.5 Å². The lowest BCUT2D eigenvalue weighted by molar-refractivity contribution is -0.130. The van der Waals surface area contributed by atoms with Gasteiger partial charge in [0.2, 0.25) is 0 Å². The van der Waals surface area contributed by atoms with E-state index in [2.05, 4.69) is 55.0 Å². The van der Waals surface area contributed by atoms with E-state index in [1.54, 1.807) is 0 Å². The van der Waals surface area contributed by atoms with Gasteiger partial charge in [-0.3, -0.25) is 0 Å². The Morgan fingerprint density at radius 2 is 1.83 bits per heavy atom. The van der Waals surface area contributed by atoms with Gasteiger partial charge in [-0.05, 0) is 22.5 Å². The molecule has 0 radical (unpaired) electrons. The number of rotatable bonds is 7. The fourth-order valence-corrected chi connectivity index (χ4v) is 8.15. The zero-order chi connectivity index (χ0) is 14.6. The van der Waals surface area contributed by atoms with Gasteiger partial charge in [-0.25, -0.2) is 4.79 Å². The van der Waals surface area contributed by atoms with E-state index in [9.17, 15) is 4.79 Å². The summed E-state index contributed by atoms with van der Waals surface area (Å²) in [6.07, 6.45) is 2.34. The minimum atomic E-state index is -2.17. The van der Waals surface area contributed by atoms with Crippen molar-refractivity contribution < 1.29 is 9.22 Å². The van der Waals surface area contributed by atoms with Crippen LogP contribution in [0.25, 0.3) is 0 Å². The average Bonchev–Trinajstić information content (AvgIpc) is 2.26. The molecule has 0 aliphatic carbocycles. The Kier molecular flexibility index (Phi) is 6.34. The van der Waals surface area contributed by atoms with Crippen molar-refractivity contribution in [2.75, 3.05) is 0 Å². The maximum absolute atomic E-state index is 11.8. The van der Waals surface area contributed by atoms with Crippen molar-refractivity contribution in [3.63, 3.8) is 0 Å². The topological polar surface area (TPSA) is 26.3 Å². The molecule has 0 heterocycles. The molecule has 0 spiro atoms. The monoisotopic (exact) mass is 270 g/mol. The summed E-state index contributed by atoms with van der Waals surface area (Å²) in [5.74, 6) is 0.292. The molecule has 2 nitrogen and oxygen atoms in total. The Labute approximate surface area is 114 Å². The van der Waals surface area contributed by atoms with Crippen LogP contribution in [0.5, 0.6) is 0 Å². The summed E-state index contributed by atoms with van der Waals surface area (Å²) in [4.78, 5) is 11.8. The zero-order valence-electron chi connectivity index (χ0n) is 13.2. The molecule has 0 aromatic heterocycles. The van der Waals surface area contributed by atoms with Gasteiger partial charge in [-0.15, -0.1) is 0 Å². The van der Waals surface area contributed by atoms with Crippen molar-refractivity contribution >= 4 is 14.3 Å². The number of carbonyl (C=O) groups is 1. The van der Waals surface area contributed by atoms with Crippen LogP contribution in [0.15, 0.2) is 12.7 Å². The van der Waals surface area contributed by atoms with E-state index in [1.165, 1.54) is 6.08 Å². The van der Waals surface area contributed by atoms with Crippen LogP contribution in [0.1, 0.15) is 54.9 Å². The minimum Gasteiger partial charge on any atom is -0.515 e. The summed E-state index contributed by atoms with van der Waals surface area (Å²) in [7, 11) is -2.17. The van der Waals surface area contributed by atoms with Crippen molar-refractivity contribution in [3.8, 4) is 0 Å². The van der Waals surface area contributed by atoms with Crippen molar-refractivity contribution in [2.24, 2.45) is 5.92 Å². The van der Waals surface area contributed by atoms with Gasteiger partial charge >= 0.3 is 5.97 Å². The van der Waals surface area contributed by atoms with Gasteiger partial charge < -0.3 is 4.43 Å². The van der Waals surface area contributed by atoms with E-state index < -0.39 is 8.32 Å². The second kappa shape index (κ2) is 6.55. The molecule has 3 heteroatoms. The first-order chi connectivity index (χ1) is 8.13. The Bertz CT molecular complexity index is 295. The van der Waals surface area contributed by atoms with Crippen LogP contribution >= 0.6 is 0 Å². The summed E-state index contributed by atoms with van der Waals surface area (Å²) in [6.45, 7) is 19.0. The fourth-order valence-electron chi connectivity index (χ4n) is 2.72. The van der Waals surface area contributed by atoms with Gasteiger partial charge in [0.05, 0.1) is 0 Å². The van der Waals surface area contributed by atoms with Gasteiger partial charge in [-0.1, -0.05) is 61.5 Å². The highest BCUT2D eigenvalue weighted by Crippen LogP contribution is 2.50. The molecule has 0 rings (SSSR count). The molecule has 18 heavy (non-hydrogen) atoms. The highest BCUT2D eigenvalue weighted by atomic mass is 28.4. The van der Waals surface area contributed by atoms with Crippen LogP contribution in [-0.2, 0) is 9.22 Å². The van der Waals surface area contributed by atoms with Crippen LogP contribution in [0.3, 0.4) is 0 Å². The van der Waals surface area contributed by atoms with E-state index in [1.807, 2.05) is 0 Å². The van der Waals surface area contributed by atoms with E-state index in [0.717, 1.165) is 12.5 Å². The normalized spacial score (nSPS) is 15.6. The highest BCUT2D eigenvalue weighted by Gasteiger charge is 2.53. The lowest BCUT2D eigenvalue weighted by Crippen LogP contribution is -2.52. The third-order valence-electron chi connectivity index (χ3n) is 4.12. The molecule has 0 aromatic rings. The second-order valence-corrected chi connectivity index (χ2v) is 11.4. The minimum absolute atomic E-state index is 0.0874. The Balaban J connectivity index is 5.56. The predicted octanol–water partition coefficient (Wildman–Crippen LogP) is 4.92. The van der Waals surface area contributed by atoms with E-state index in [-0.39, 0.29) is 11.0 Å². The quantitative estimate of drug-likeness (QED) is 0.485. The molecule has 0 aromatic carbocycles. The number of carbonyl (C=O) groups excluding carboxylic acids is 1. The summed E-state index contributed by atoms with van der Waals surface area (Å²) in [5.41, 5.74) is 0.416. The molecule has 1 unspecified atom stereocenters. The van der Waals surface area contributed by atoms with Gasteiger partial charge in [0, 0.05) is 6.08 Å². The summed E-state index contributed by atoms with van der Waals surface area (Å²) < 4.78 is 6.00. The third kappa shape index (κ3) is 3.71. The highest BCUT2D eigenvalue weighted by molar-refractivity contribution is 6.79. The first-order valence-electron chi connectivity index (χ1n) is 6.98. The molecule has 0 aliphatic rings. The molecule has 0 saturated heterocycles. The van der Waals surface area contributed by atoms with Crippen LogP contribution in [0.4, 0.5) is 0 Å². The van der Waals surface area contributed by atoms with Crippen LogP contribution in [0, 0.1) is 5.92 Å². The molecule has 0 fully saturated rings. The molecule has 0 saturated carbocycles. The largest absolute Gasteiger partial charge is 0.515 e. The van der Waals surface area contributed by atoms with E-state index in [0.29, 0.717) is 11.5 Å². The van der Waals surface area contributed by atoms with Crippen molar-refractivity contribution in [3.05, 3.63) is 12.7 Å². The molecule has 0 aliphatic heterocycles. The maximum Gasteiger partial charge on any atom is 0.316 e. The molecular weight excluding hydrogens is 240 g/mol. The smallest absolute Gasteiger partial charge is 0.316 e. The van der Waals surface area contributed by atoms with Crippen LogP contribution < -0.4 is 0 Å². The SMILES string of the molecule is C=CC(=O)O[Si](CC(C)C)(C(C)C)C(C)(C)CC. The van der Waals surface area contributed by atoms with Crippen molar-refractivity contribution in [1.82, 2.24) is 0 Å². The van der Waals surface area contributed by atoms with Gasteiger partial charge in [0.15, 0.2) is 0 Å². The molecular formula is C15H30O2Si. The van der Waals surface area contributed by atoms with Crippen molar-refractivity contribution in [1.29, 1.82) is 0 Å². The van der Waals surface area contributed by atoms with E-state index in [4.69, 9.17) is 4.43 Å². The molecule has 1 atom stereocenters. The first kappa shape index (κ1) is 17.4. The molecule has 0 bridgehead atoms. The van der Waals surface area contributed by atoms with Gasteiger partial charge in [-0.2, -0.15) is 0 Å². The van der Waals surface area contributed by atoms with Gasteiger partial charge in [0.1, 0.15) is 0 Å². The fraction of sp³-hybridized carbons (Fsp3) is 0.800. The average molecular weight is 270 g/mol. The van der Waals surface area contributed by atoms with Crippen LogP contribution in [-0.4, -0.2) is 14.3 Å². The third-order valence-corrected chi connectivity index (χ3v) is 10.6. The second-order valence-electron chi connectivity index (χ2n) is 6.50. The number of hydrogen-bond donors (Lipinski definition) is 0. The number of hydrogen-bond acceptors (Lipinski definition) is 2. The lowest BCUT2D eigenvalue weighted by Gasteiger charge is -2.46. The Morgan fingerprint density at radius 3 is 2.11 bits per heavy atom. The van der Waals surface area contributed by atoms with Gasteiger partial charge in [0.25, 0.3) is 8.32 Å². The molecule has 0 amide bonds. The summed E-state index contributed by atoms with van der Waals surface area (Å²) >= 11 is 0. The molecule has 106 valence electrons. The standard InChI is InChI=1S/C15H30O2Si/c1-9-14(16)17-18(13(5)6,11-12(3)4)15(7,8)10-2/h9,12-13H,1,10-11H2,2-8H3. The first-order valence-corrected chi connectivity index (χ1v) is 9.17. The lowest BCUT2D eigenvalue weighted by atomic mass is 10.1. The predicted molar refractivity (Wildman–Crippen MR) is 81.1 cm³/mol. The van der Waals surface area contributed by atoms with E-state index >= 15 is 0 Å².